The van der Waals surface area contributed by atoms with Crippen LogP contribution in [0.2, 0.25) is 0 Å². The Bertz CT molecular complexity index is 676. The molecule has 0 saturated heterocycles. The van der Waals surface area contributed by atoms with E-state index in [4.69, 9.17) is 5.73 Å². The van der Waals surface area contributed by atoms with Gasteiger partial charge in [-0.05, 0) is 24.6 Å². The Kier molecular flexibility index (Phi) is 3.27. The molecule has 2 aromatic rings. The number of nitrogens with two attached hydrogens (primary N) is 1. The SMILES string of the molecule is Cc1ccc2nc(N)n(CCNS(C)(=O)=O)c2c1. The van der Waals surface area contributed by atoms with E-state index in [2.05, 4.69) is 9.71 Å². The van der Waals surface area contributed by atoms with Crippen LogP contribution in [0.3, 0.4) is 0 Å². The summed E-state index contributed by atoms with van der Waals surface area (Å²) in [5.74, 6) is 0.394. The minimum atomic E-state index is -3.18. The highest BCUT2D eigenvalue weighted by atomic mass is 32.2. The predicted octanol–water partition coefficient (Wildman–Crippen LogP) is 0.476. The third-order valence-corrected chi connectivity index (χ3v) is 3.36. The molecule has 1 heterocycles. The van der Waals surface area contributed by atoms with Gasteiger partial charge in [0.25, 0.3) is 0 Å². The van der Waals surface area contributed by atoms with Crippen molar-refractivity contribution in [1.82, 2.24) is 14.3 Å². The van der Waals surface area contributed by atoms with Crippen molar-refractivity contribution >= 4 is 27.0 Å². The van der Waals surface area contributed by atoms with Crippen molar-refractivity contribution in [3.05, 3.63) is 23.8 Å². The molecule has 0 aliphatic rings. The molecule has 0 spiro atoms. The van der Waals surface area contributed by atoms with Gasteiger partial charge in [0.2, 0.25) is 16.0 Å². The number of rotatable bonds is 4. The maximum absolute atomic E-state index is 11.0. The van der Waals surface area contributed by atoms with Crippen molar-refractivity contribution in [2.45, 2.75) is 13.5 Å². The summed E-state index contributed by atoms with van der Waals surface area (Å²) in [5.41, 5.74) is 8.68. The third kappa shape index (κ3) is 2.80. The number of aromatic nitrogens is 2. The van der Waals surface area contributed by atoms with Gasteiger partial charge in [0.15, 0.2) is 0 Å². The van der Waals surface area contributed by atoms with Crippen LogP contribution in [-0.2, 0) is 16.6 Å². The molecular weight excluding hydrogens is 252 g/mol. The van der Waals surface area contributed by atoms with Gasteiger partial charge in [-0.3, -0.25) is 0 Å². The molecule has 0 aliphatic carbocycles. The van der Waals surface area contributed by atoms with E-state index in [1.165, 1.54) is 0 Å². The summed E-state index contributed by atoms with van der Waals surface area (Å²) in [6, 6.07) is 5.86. The number of fused-ring (bicyclic) bond motifs is 1. The van der Waals surface area contributed by atoms with Crippen molar-refractivity contribution in [2.75, 3.05) is 18.5 Å². The highest BCUT2D eigenvalue weighted by Gasteiger charge is 2.08. The van der Waals surface area contributed by atoms with Gasteiger partial charge in [0.1, 0.15) is 0 Å². The molecule has 0 aliphatic heterocycles. The number of sulfonamides is 1. The average Bonchev–Trinajstić information content (AvgIpc) is 2.54. The first-order chi connectivity index (χ1) is 8.37. The van der Waals surface area contributed by atoms with E-state index in [-0.39, 0.29) is 0 Å². The monoisotopic (exact) mass is 268 g/mol. The first-order valence-electron chi connectivity index (χ1n) is 5.54. The molecule has 0 unspecified atom stereocenters. The first kappa shape index (κ1) is 12.8. The number of nitrogens with zero attached hydrogens (tertiary/aromatic N) is 2. The van der Waals surface area contributed by atoms with Gasteiger partial charge in [-0.25, -0.2) is 18.1 Å². The van der Waals surface area contributed by atoms with E-state index in [0.29, 0.717) is 19.0 Å². The molecule has 0 saturated carbocycles. The van der Waals surface area contributed by atoms with E-state index in [1.807, 2.05) is 25.1 Å². The standard InChI is InChI=1S/C11H16N4O2S/c1-8-3-4-9-10(7-8)15(11(12)14-9)6-5-13-18(2,16)17/h3-4,7,13H,5-6H2,1-2H3,(H2,12,14). The number of aryl methyl sites for hydroxylation is 1. The maximum Gasteiger partial charge on any atom is 0.208 e. The van der Waals surface area contributed by atoms with Crippen molar-refractivity contribution in [3.63, 3.8) is 0 Å². The molecule has 0 fully saturated rings. The lowest BCUT2D eigenvalue weighted by molar-refractivity contribution is 0.581. The molecule has 6 nitrogen and oxygen atoms in total. The maximum atomic E-state index is 11.0. The lowest BCUT2D eigenvalue weighted by Gasteiger charge is -2.07. The van der Waals surface area contributed by atoms with E-state index in [1.54, 1.807) is 4.57 Å². The van der Waals surface area contributed by atoms with Crippen LogP contribution in [0.5, 0.6) is 0 Å². The highest BCUT2D eigenvalue weighted by Crippen LogP contribution is 2.18. The molecule has 7 heteroatoms. The largest absolute Gasteiger partial charge is 0.369 e. The number of nitrogens with one attached hydrogen (secondary N) is 1. The molecule has 0 radical (unpaired) electrons. The fraction of sp³-hybridized carbons (Fsp3) is 0.364. The number of hydrogen-bond acceptors (Lipinski definition) is 4. The zero-order valence-electron chi connectivity index (χ0n) is 10.3. The Labute approximate surface area is 106 Å². The van der Waals surface area contributed by atoms with Crippen molar-refractivity contribution in [2.24, 2.45) is 0 Å². The summed E-state index contributed by atoms with van der Waals surface area (Å²) < 4.78 is 26.2. The molecule has 0 atom stereocenters. The lowest BCUT2D eigenvalue weighted by atomic mass is 10.2. The number of hydrogen-bond donors (Lipinski definition) is 2. The zero-order chi connectivity index (χ0) is 13.3. The van der Waals surface area contributed by atoms with Gasteiger partial charge >= 0.3 is 0 Å². The average molecular weight is 268 g/mol. The van der Waals surface area contributed by atoms with Crippen molar-refractivity contribution in [3.8, 4) is 0 Å². The van der Waals surface area contributed by atoms with Gasteiger partial charge < -0.3 is 10.3 Å². The number of anilines is 1. The Morgan fingerprint density at radius 2 is 2.17 bits per heavy atom. The molecule has 1 aromatic carbocycles. The molecule has 98 valence electrons. The Hall–Kier alpha value is -1.60. The summed E-state index contributed by atoms with van der Waals surface area (Å²) >= 11 is 0. The van der Waals surface area contributed by atoms with Crippen molar-refractivity contribution < 1.29 is 8.42 Å². The summed E-state index contributed by atoms with van der Waals surface area (Å²) in [6.45, 7) is 2.74. The normalized spacial score (nSPS) is 12.1. The highest BCUT2D eigenvalue weighted by molar-refractivity contribution is 7.88. The van der Waals surface area contributed by atoms with Crippen LogP contribution in [0.4, 0.5) is 5.95 Å². The molecule has 0 bridgehead atoms. The fourth-order valence-electron chi connectivity index (χ4n) is 1.83. The van der Waals surface area contributed by atoms with Gasteiger partial charge in [0, 0.05) is 13.1 Å². The van der Waals surface area contributed by atoms with E-state index >= 15 is 0 Å². The summed E-state index contributed by atoms with van der Waals surface area (Å²) in [6.07, 6.45) is 1.13. The van der Waals surface area contributed by atoms with Gasteiger partial charge in [-0.15, -0.1) is 0 Å². The first-order valence-corrected chi connectivity index (χ1v) is 7.43. The van der Waals surface area contributed by atoms with E-state index < -0.39 is 10.0 Å². The third-order valence-electron chi connectivity index (χ3n) is 2.63. The summed E-state index contributed by atoms with van der Waals surface area (Å²) in [5, 5.41) is 0. The quantitative estimate of drug-likeness (QED) is 0.843. The van der Waals surface area contributed by atoms with Gasteiger partial charge in [0.05, 0.1) is 17.3 Å². The molecule has 3 N–H and O–H groups in total. The van der Waals surface area contributed by atoms with Crippen LogP contribution in [0.25, 0.3) is 11.0 Å². The van der Waals surface area contributed by atoms with Gasteiger partial charge in [-0.1, -0.05) is 6.07 Å². The fourth-order valence-corrected chi connectivity index (χ4v) is 2.29. The molecule has 2 rings (SSSR count). The number of benzene rings is 1. The van der Waals surface area contributed by atoms with Crippen LogP contribution in [0, 0.1) is 6.92 Å². The van der Waals surface area contributed by atoms with E-state index in [0.717, 1.165) is 22.9 Å². The van der Waals surface area contributed by atoms with Gasteiger partial charge in [-0.2, -0.15) is 0 Å². The van der Waals surface area contributed by atoms with Crippen LogP contribution >= 0.6 is 0 Å². The summed E-state index contributed by atoms with van der Waals surface area (Å²) in [7, 11) is -3.18. The zero-order valence-corrected chi connectivity index (χ0v) is 11.2. The smallest absolute Gasteiger partial charge is 0.208 e. The molecule has 18 heavy (non-hydrogen) atoms. The Balaban J connectivity index is 2.27. The number of nitrogen functional groups attached to an aromatic ring is 1. The Morgan fingerprint density at radius 3 is 2.83 bits per heavy atom. The second kappa shape index (κ2) is 4.58. The molecule has 1 aromatic heterocycles. The predicted molar refractivity (Wildman–Crippen MR) is 71.7 cm³/mol. The second-order valence-electron chi connectivity index (χ2n) is 4.28. The van der Waals surface area contributed by atoms with Crippen LogP contribution in [-0.4, -0.2) is 30.8 Å². The summed E-state index contributed by atoms with van der Waals surface area (Å²) in [4.78, 5) is 4.23. The minimum absolute atomic E-state index is 0.294. The topological polar surface area (TPSA) is 90.0 Å². The second-order valence-corrected chi connectivity index (χ2v) is 6.11. The van der Waals surface area contributed by atoms with Crippen molar-refractivity contribution in [1.29, 1.82) is 0 Å². The number of imidazole rings is 1. The molecule has 0 amide bonds. The minimum Gasteiger partial charge on any atom is -0.369 e. The lowest BCUT2D eigenvalue weighted by Crippen LogP contribution is -2.26. The van der Waals surface area contributed by atoms with Crippen LogP contribution in [0.1, 0.15) is 5.56 Å². The Morgan fingerprint density at radius 1 is 1.44 bits per heavy atom. The van der Waals surface area contributed by atoms with Crippen LogP contribution in [0.15, 0.2) is 18.2 Å². The molecular formula is C11H16N4O2S. The van der Waals surface area contributed by atoms with E-state index in [9.17, 15) is 8.42 Å². The van der Waals surface area contributed by atoms with Crippen LogP contribution < -0.4 is 10.5 Å².